The highest BCUT2D eigenvalue weighted by atomic mass is 16.5. The summed E-state index contributed by atoms with van der Waals surface area (Å²) >= 11 is 0. The number of carbonyl (C=O) groups excluding carboxylic acids is 2. The van der Waals surface area contributed by atoms with Crippen LogP contribution in [0.15, 0.2) is 59.9 Å². The second-order valence-corrected chi connectivity index (χ2v) is 7.79. The van der Waals surface area contributed by atoms with Gasteiger partial charge in [0, 0.05) is 36.4 Å². The van der Waals surface area contributed by atoms with E-state index in [1.165, 1.54) is 5.56 Å². The number of Topliss-reactive ketones (excluding diaryl/α,β-unsaturated/α-hetero) is 1. The van der Waals surface area contributed by atoms with Crippen molar-refractivity contribution >= 4 is 28.9 Å². The molecule has 0 amide bonds. The van der Waals surface area contributed by atoms with E-state index in [1.807, 2.05) is 35.2 Å². The third kappa shape index (κ3) is 3.73. The van der Waals surface area contributed by atoms with Gasteiger partial charge >= 0.3 is 5.97 Å². The first kappa shape index (κ1) is 20.8. The van der Waals surface area contributed by atoms with Crippen LogP contribution in [0, 0.1) is 0 Å². The Bertz CT molecular complexity index is 1320. The summed E-state index contributed by atoms with van der Waals surface area (Å²) in [5.74, 6) is -0.0360. The Hall–Kier alpha value is -4.07. The number of methoxy groups -OCH3 is 1. The minimum absolute atomic E-state index is 0.0713. The Balaban J connectivity index is 1.50. The smallest absolute Gasteiger partial charge is 0.347 e. The van der Waals surface area contributed by atoms with Crippen LogP contribution in [0.5, 0.6) is 5.75 Å². The molecule has 2 aromatic heterocycles. The molecule has 4 heterocycles. The maximum atomic E-state index is 13.2. The fourth-order valence-electron chi connectivity index (χ4n) is 4.19. The van der Waals surface area contributed by atoms with Gasteiger partial charge in [-0.05, 0) is 54.8 Å². The van der Waals surface area contributed by atoms with E-state index in [0.717, 1.165) is 28.7 Å². The number of hydrogen-bond acceptors (Lipinski definition) is 7. The molecule has 0 radical (unpaired) electrons. The number of nitrogens with one attached hydrogen (secondary N) is 1. The normalized spacial score (nSPS) is 16.8. The molecule has 1 aromatic carbocycles. The minimum Gasteiger partial charge on any atom is -0.497 e. The first-order valence-electron chi connectivity index (χ1n) is 10.8. The Kier molecular flexibility index (Phi) is 5.34. The summed E-state index contributed by atoms with van der Waals surface area (Å²) in [4.78, 5) is 35.2. The van der Waals surface area contributed by atoms with Crippen LogP contribution in [-0.4, -0.2) is 46.9 Å². The molecule has 2 aliphatic rings. The van der Waals surface area contributed by atoms with Crippen molar-refractivity contribution in [2.45, 2.75) is 19.9 Å². The van der Waals surface area contributed by atoms with Crippen LogP contribution >= 0.6 is 0 Å². The molecule has 0 saturated carbocycles. The van der Waals surface area contributed by atoms with Crippen molar-refractivity contribution in [3.05, 3.63) is 76.6 Å². The molecule has 8 heteroatoms. The quantitative estimate of drug-likeness (QED) is 0.366. The van der Waals surface area contributed by atoms with Gasteiger partial charge in [0.25, 0.3) is 0 Å². The molecule has 168 valence electrons. The van der Waals surface area contributed by atoms with E-state index in [-0.39, 0.29) is 23.8 Å². The molecule has 8 nitrogen and oxygen atoms in total. The third-order valence-electron chi connectivity index (χ3n) is 5.83. The number of fused-ring (bicyclic) bond motifs is 2. The SMILES string of the molecule is CCOC(=O)C1=C(N2CCc3cc(OC)ccc3C2)O/C(=C\c2c[nH]c3ncccc23)C1=O. The Morgan fingerprint density at radius 2 is 2.18 bits per heavy atom. The number of ether oxygens (including phenoxy) is 3. The number of nitrogens with zero attached hydrogens (tertiary/aromatic N) is 2. The fourth-order valence-corrected chi connectivity index (χ4v) is 4.19. The number of aromatic amines is 1. The molecule has 0 fully saturated rings. The summed E-state index contributed by atoms with van der Waals surface area (Å²) in [6, 6.07) is 9.65. The van der Waals surface area contributed by atoms with E-state index >= 15 is 0 Å². The molecule has 1 N–H and O–H groups in total. The number of ketones is 1. The van der Waals surface area contributed by atoms with Gasteiger partial charge in [0.15, 0.2) is 11.3 Å². The zero-order valence-corrected chi connectivity index (χ0v) is 18.4. The molecule has 2 aliphatic heterocycles. The van der Waals surface area contributed by atoms with E-state index in [1.54, 1.807) is 32.5 Å². The van der Waals surface area contributed by atoms with E-state index in [4.69, 9.17) is 14.2 Å². The maximum absolute atomic E-state index is 13.2. The number of benzene rings is 1. The number of rotatable bonds is 5. The predicted octanol–water partition coefficient (Wildman–Crippen LogP) is 3.34. The number of allylic oxidation sites excluding steroid dienone is 1. The number of carbonyl (C=O) groups is 2. The lowest BCUT2D eigenvalue weighted by atomic mass is 9.99. The number of pyridine rings is 1. The van der Waals surface area contributed by atoms with Gasteiger partial charge in [-0.3, -0.25) is 4.79 Å². The summed E-state index contributed by atoms with van der Waals surface area (Å²) in [6.07, 6.45) is 5.82. The summed E-state index contributed by atoms with van der Waals surface area (Å²) in [5, 5.41) is 0.855. The van der Waals surface area contributed by atoms with Crippen LogP contribution in [-0.2, 0) is 32.0 Å². The second-order valence-electron chi connectivity index (χ2n) is 7.79. The maximum Gasteiger partial charge on any atom is 0.347 e. The molecule has 0 aliphatic carbocycles. The molecular weight excluding hydrogens is 422 g/mol. The molecule has 3 aromatic rings. The molecule has 0 spiro atoms. The topological polar surface area (TPSA) is 93.8 Å². The molecule has 0 bridgehead atoms. The monoisotopic (exact) mass is 445 g/mol. The minimum atomic E-state index is -0.679. The van der Waals surface area contributed by atoms with Gasteiger partial charge < -0.3 is 24.1 Å². The van der Waals surface area contributed by atoms with Gasteiger partial charge in [-0.15, -0.1) is 0 Å². The largest absolute Gasteiger partial charge is 0.497 e. The third-order valence-corrected chi connectivity index (χ3v) is 5.83. The number of esters is 1. The van der Waals surface area contributed by atoms with E-state index < -0.39 is 11.8 Å². The Labute approximate surface area is 190 Å². The fraction of sp³-hybridized carbons (Fsp3) is 0.240. The van der Waals surface area contributed by atoms with Crippen LogP contribution in [0.2, 0.25) is 0 Å². The van der Waals surface area contributed by atoms with Crippen molar-refractivity contribution in [2.24, 2.45) is 0 Å². The predicted molar refractivity (Wildman–Crippen MR) is 121 cm³/mol. The van der Waals surface area contributed by atoms with E-state index in [0.29, 0.717) is 18.7 Å². The molecule has 33 heavy (non-hydrogen) atoms. The highest BCUT2D eigenvalue weighted by molar-refractivity contribution is 6.26. The standard InChI is InChI=1S/C25H23N3O5/c1-3-32-25(30)21-22(29)20(12-17-13-27-23-19(17)5-4-9-26-23)33-24(21)28-10-8-15-11-18(31-2)7-6-16(15)14-28/h4-7,9,11-13H,3,8,10,14H2,1-2H3,(H,26,27)/b20-12-. The highest BCUT2D eigenvalue weighted by Crippen LogP contribution is 2.34. The zero-order chi connectivity index (χ0) is 22.9. The lowest BCUT2D eigenvalue weighted by molar-refractivity contribution is -0.139. The van der Waals surface area contributed by atoms with E-state index in [9.17, 15) is 9.59 Å². The summed E-state index contributed by atoms with van der Waals surface area (Å²) < 4.78 is 16.5. The van der Waals surface area contributed by atoms with Crippen molar-refractivity contribution < 1.29 is 23.8 Å². The zero-order valence-electron chi connectivity index (χ0n) is 18.4. The molecule has 0 saturated heterocycles. The molecular formula is C25H23N3O5. The van der Waals surface area contributed by atoms with Crippen molar-refractivity contribution in [1.29, 1.82) is 0 Å². The first-order chi connectivity index (χ1) is 16.1. The van der Waals surface area contributed by atoms with Gasteiger partial charge in [-0.25, -0.2) is 9.78 Å². The van der Waals surface area contributed by atoms with Gasteiger partial charge in [0.1, 0.15) is 11.4 Å². The second kappa shape index (κ2) is 8.46. The van der Waals surface area contributed by atoms with Gasteiger partial charge in [-0.1, -0.05) is 6.07 Å². The molecule has 0 atom stereocenters. The van der Waals surface area contributed by atoms with Crippen LogP contribution in [0.4, 0.5) is 0 Å². The Morgan fingerprint density at radius 1 is 1.30 bits per heavy atom. The summed E-state index contributed by atoms with van der Waals surface area (Å²) in [6.45, 7) is 2.97. The van der Waals surface area contributed by atoms with Crippen LogP contribution in [0.1, 0.15) is 23.6 Å². The lowest BCUT2D eigenvalue weighted by Crippen LogP contribution is -2.31. The van der Waals surface area contributed by atoms with E-state index in [2.05, 4.69) is 9.97 Å². The van der Waals surface area contributed by atoms with Crippen molar-refractivity contribution in [3.63, 3.8) is 0 Å². The number of aromatic nitrogens is 2. The highest BCUT2D eigenvalue weighted by Gasteiger charge is 2.40. The van der Waals surface area contributed by atoms with Crippen LogP contribution in [0.25, 0.3) is 17.1 Å². The van der Waals surface area contributed by atoms with Gasteiger partial charge in [0.2, 0.25) is 11.7 Å². The summed E-state index contributed by atoms with van der Waals surface area (Å²) in [7, 11) is 1.64. The van der Waals surface area contributed by atoms with Gasteiger partial charge in [0.05, 0.1) is 13.7 Å². The molecule has 0 unspecified atom stereocenters. The van der Waals surface area contributed by atoms with Crippen LogP contribution in [0.3, 0.4) is 0 Å². The lowest BCUT2D eigenvalue weighted by Gasteiger charge is -2.31. The number of H-pyrrole nitrogens is 1. The summed E-state index contributed by atoms with van der Waals surface area (Å²) in [5.41, 5.74) is 3.65. The van der Waals surface area contributed by atoms with Gasteiger partial charge in [-0.2, -0.15) is 0 Å². The van der Waals surface area contributed by atoms with Crippen molar-refractivity contribution in [2.75, 3.05) is 20.3 Å². The number of hydrogen-bond donors (Lipinski definition) is 1. The van der Waals surface area contributed by atoms with Crippen molar-refractivity contribution in [1.82, 2.24) is 14.9 Å². The first-order valence-corrected chi connectivity index (χ1v) is 10.8. The Morgan fingerprint density at radius 3 is 3.00 bits per heavy atom. The van der Waals surface area contributed by atoms with Crippen molar-refractivity contribution in [3.8, 4) is 5.75 Å². The average molecular weight is 445 g/mol. The molecule has 5 rings (SSSR count). The van der Waals surface area contributed by atoms with Crippen LogP contribution < -0.4 is 4.74 Å². The average Bonchev–Trinajstić information content (AvgIpc) is 3.40.